The van der Waals surface area contributed by atoms with Crippen LogP contribution in [-0.2, 0) is 11.3 Å². The van der Waals surface area contributed by atoms with Crippen LogP contribution in [0.1, 0.15) is 30.3 Å². The van der Waals surface area contributed by atoms with E-state index in [0.29, 0.717) is 11.7 Å². The van der Waals surface area contributed by atoms with Crippen LogP contribution in [0.4, 0.5) is 0 Å². The first-order valence-electron chi connectivity index (χ1n) is 7.94. The molecule has 0 saturated carbocycles. The van der Waals surface area contributed by atoms with Gasteiger partial charge < -0.3 is 5.32 Å². The molecule has 0 aliphatic carbocycles. The normalized spacial score (nSPS) is 13.4. The predicted molar refractivity (Wildman–Crippen MR) is 99.6 cm³/mol. The van der Waals surface area contributed by atoms with Gasteiger partial charge >= 0.3 is 0 Å². The summed E-state index contributed by atoms with van der Waals surface area (Å²) in [5.74, 6) is -0.0352. The van der Waals surface area contributed by atoms with Gasteiger partial charge in [-0.25, -0.2) is 4.68 Å². The van der Waals surface area contributed by atoms with E-state index in [1.54, 1.807) is 16.0 Å². The summed E-state index contributed by atoms with van der Waals surface area (Å²) < 4.78 is 1.72. The summed E-state index contributed by atoms with van der Waals surface area (Å²) in [5, 5.41) is 17.2. The van der Waals surface area contributed by atoms with E-state index in [1.807, 2.05) is 61.7 Å². The molecular formula is C17H19N5OS2. The maximum Gasteiger partial charge on any atom is 0.233 e. The number of thiophene rings is 1. The lowest BCUT2D eigenvalue weighted by molar-refractivity contribution is -0.120. The third kappa shape index (κ3) is 4.67. The largest absolute Gasteiger partial charge is 0.349 e. The van der Waals surface area contributed by atoms with E-state index in [1.165, 1.54) is 16.6 Å². The fraction of sp³-hybridized carbons (Fsp3) is 0.294. The van der Waals surface area contributed by atoms with Crippen LogP contribution in [0.2, 0.25) is 0 Å². The summed E-state index contributed by atoms with van der Waals surface area (Å²) in [5.41, 5.74) is 1.08. The molecule has 0 aliphatic heterocycles. The van der Waals surface area contributed by atoms with Crippen molar-refractivity contribution in [1.82, 2.24) is 25.5 Å². The second-order valence-corrected chi connectivity index (χ2v) is 7.94. The Morgan fingerprint density at radius 1 is 1.24 bits per heavy atom. The Balaban J connectivity index is 1.59. The molecule has 8 heteroatoms. The van der Waals surface area contributed by atoms with E-state index < -0.39 is 0 Å². The number of benzene rings is 1. The second kappa shape index (κ2) is 8.26. The first kappa shape index (κ1) is 17.6. The number of aromatic nitrogens is 4. The molecule has 25 heavy (non-hydrogen) atoms. The summed E-state index contributed by atoms with van der Waals surface area (Å²) in [4.78, 5) is 13.6. The van der Waals surface area contributed by atoms with Crippen molar-refractivity contribution in [1.29, 1.82) is 0 Å². The van der Waals surface area contributed by atoms with E-state index in [4.69, 9.17) is 0 Å². The molecule has 1 amide bonds. The molecule has 0 radical (unpaired) electrons. The Hall–Kier alpha value is -2.19. The van der Waals surface area contributed by atoms with Crippen LogP contribution in [0.15, 0.2) is 53.0 Å². The summed E-state index contributed by atoms with van der Waals surface area (Å²) in [6.45, 7) is 4.45. The monoisotopic (exact) mass is 373 g/mol. The van der Waals surface area contributed by atoms with Gasteiger partial charge in [-0.05, 0) is 41.3 Å². The maximum atomic E-state index is 12.5. The Labute approximate surface area is 154 Å². The lowest BCUT2D eigenvalue weighted by Gasteiger charge is -2.17. The third-order valence-corrected chi connectivity index (χ3v) is 5.63. The van der Waals surface area contributed by atoms with E-state index in [2.05, 4.69) is 20.8 Å². The summed E-state index contributed by atoms with van der Waals surface area (Å²) >= 11 is 3.02. The predicted octanol–water partition coefficient (Wildman–Crippen LogP) is 3.14. The van der Waals surface area contributed by atoms with Gasteiger partial charge in [-0.1, -0.05) is 48.2 Å². The van der Waals surface area contributed by atoms with Crippen molar-refractivity contribution in [2.24, 2.45) is 0 Å². The fourth-order valence-corrected chi connectivity index (χ4v) is 3.78. The number of amides is 1. The van der Waals surface area contributed by atoms with Crippen molar-refractivity contribution >= 4 is 29.0 Å². The summed E-state index contributed by atoms with van der Waals surface area (Å²) in [6, 6.07) is 13.9. The van der Waals surface area contributed by atoms with Gasteiger partial charge in [-0.2, -0.15) is 0 Å². The smallest absolute Gasteiger partial charge is 0.233 e. The highest BCUT2D eigenvalue weighted by atomic mass is 32.2. The standard InChI is InChI=1S/C17H19N5OS2/c1-12(14-7-4-3-5-8-14)18-16(23)13(2)25-17-19-20-21-22(17)11-15-9-6-10-24-15/h3-10,12-13H,11H2,1-2H3,(H,18,23). The molecule has 0 spiro atoms. The number of thioether (sulfide) groups is 1. The number of carbonyl (C=O) groups excluding carboxylic acids is 1. The molecule has 130 valence electrons. The average Bonchev–Trinajstić information content (AvgIpc) is 3.28. The summed E-state index contributed by atoms with van der Waals surface area (Å²) in [7, 11) is 0. The van der Waals surface area contributed by atoms with Crippen LogP contribution in [0.25, 0.3) is 0 Å². The zero-order valence-corrected chi connectivity index (χ0v) is 15.6. The number of rotatable bonds is 7. The molecule has 0 aliphatic rings. The molecule has 2 heterocycles. The maximum absolute atomic E-state index is 12.5. The highest BCUT2D eigenvalue weighted by Crippen LogP contribution is 2.23. The lowest BCUT2D eigenvalue weighted by Crippen LogP contribution is -2.33. The second-order valence-electron chi connectivity index (χ2n) is 5.60. The van der Waals surface area contributed by atoms with Crippen molar-refractivity contribution in [2.75, 3.05) is 0 Å². The van der Waals surface area contributed by atoms with Crippen molar-refractivity contribution in [3.8, 4) is 0 Å². The lowest BCUT2D eigenvalue weighted by atomic mass is 10.1. The summed E-state index contributed by atoms with van der Waals surface area (Å²) in [6.07, 6.45) is 0. The number of nitrogens with zero attached hydrogens (tertiary/aromatic N) is 4. The third-order valence-electron chi connectivity index (χ3n) is 3.69. The van der Waals surface area contributed by atoms with Gasteiger partial charge in [0.15, 0.2) is 0 Å². The first-order valence-corrected chi connectivity index (χ1v) is 9.70. The van der Waals surface area contributed by atoms with Crippen LogP contribution in [0.5, 0.6) is 0 Å². The van der Waals surface area contributed by atoms with Crippen LogP contribution >= 0.6 is 23.1 Å². The molecule has 1 aromatic carbocycles. The molecule has 2 aromatic heterocycles. The quantitative estimate of drug-likeness (QED) is 0.644. The van der Waals surface area contributed by atoms with Crippen LogP contribution in [0.3, 0.4) is 0 Å². The molecule has 2 unspecified atom stereocenters. The van der Waals surface area contributed by atoms with Gasteiger partial charge in [-0.15, -0.1) is 16.4 Å². The Bertz CT molecular complexity index is 804. The molecule has 0 bridgehead atoms. The molecule has 6 nitrogen and oxygen atoms in total. The number of carbonyl (C=O) groups is 1. The van der Waals surface area contributed by atoms with Gasteiger partial charge in [-0.3, -0.25) is 4.79 Å². The van der Waals surface area contributed by atoms with Crippen molar-refractivity contribution < 1.29 is 4.79 Å². The molecule has 2 atom stereocenters. The molecule has 0 saturated heterocycles. The molecular weight excluding hydrogens is 354 g/mol. The number of nitrogens with one attached hydrogen (secondary N) is 1. The zero-order chi connectivity index (χ0) is 17.6. The topological polar surface area (TPSA) is 72.7 Å². The molecule has 3 rings (SSSR count). The minimum atomic E-state index is -0.292. The van der Waals surface area contributed by atoms with Crippen molar-refractivity contribution in [3.05, 3.63) is 58.3 Å². The van der Waals surface area contributed by atoms with Crippen LogP contribution < -0.4 is 5.32 Å². The van der Waals surface area contributed by atoms with Gasteiger partial charge in [0.25, 0.3) is 0 Å². The molecule has 0 fully saturated rings. The van der Waals surface area contributed by atoms with E-state index in [-0.39, 0.29) is 17.2 Å². The van der Waals surface area contributed by atoms with Gasteiger partial charge in [0, 0.05) is 4.88 Å². The van der Waals surface area contributed by atoms with E-state index in [9.17, 15) is 4.79 Å². The minimum Gasteiger partial charge on any atom is -0.349 e. The average molecular weight is 374 g/mol. The van der Waals surface area contributed by atoms with E-state index >= 15 is 0 Å². The van der Waals surface area contributed by atoms with Crippen molar-refractivity contribution in [2.45, 2.75) is 36.8 Å². The van der Waals surface area contributed by atoms with Gasteiger partial charge in [0.2, 0.25) is 11.1 Å². The van der Waals surface area contributed by atoms with Crippen LogP contribution in [0, 0.1) is 0 Å². The number of hydrogen-bond acceptors (Lipinski definition) is 6. The zero-order valence-electron chi connectivity index (χ0n) is 14.0. The Kier molecular flexibility index (Phi) is 5.83. The van der Waals surface area contributed by atoms with Crippen LogP contribution in [-0.4, -0.2) is 31.4 Å². The van der Waals surface area contributed by atoms with Crippen molar-refractivity contribution in [3.63, 3.8) is 0 Å². The van der Waals surface area contributed by atoms with Gasteiger partial charge in [0.05, 0.1) is 17.8 Å². The van der Waals surface area contributed by atoms with Gasteiger partial charge in [0.1, 0.15) is 0 Å². The highest BCUT2D eigenvalue weighted by molar-refractivity contribution is 8.00. The minimum absolute atomic E-state index is 0.0352. The highest BCUT2D eigenvalue weighted by Gasteiger charge is 2.20. The first-order chi connectivity index (χ1) is 12.1. The molecule has 1 N–H and O–H groups in total. The Morgan fingerprint density at radius 3 is 2.76 bits per heavy atom. The number of tetrazole rings is 1. The SMILES string of the molecule is CC(Sc1nnnn1Cc1cccs1)C(=O)NC(C)c1ccccc1. The van der Waals surface area contributed by atoms with E-state index in [0.717, 1.165) is 5.56 Å². The molecule has 3 aromatic rings. The Morgan fingerprint density at radius 2 is 2.04 bits per heavy atom. The fourth-order valence-electron chi connectivity index (χ4n) is 2.30. The number of hydrogen-bond donors (Lipinski definition) is 1.